The lowest BCUT2D eigenvalue weighted by Gasteiger charge is -2.33. The summed E-state index contributed by atoms with van der Waals surface area (Å²) in [6, 6.07) is 18.9. The Morgan fingerprint density at radius 3 is 2.14 bits per heavy atom. The van der Waals surface area contributed by atoms with Gasteiger partial charge in [0.25, 0.3) is 0 Å². The molecule has 0 aromatic heterocycles. The van der Waals surface area contributed by atoms with Gasteiger partial charge in [-0.25, -0.2) is 0 Å². The van der Waals surface area contributed by atoms with Crippen LogP contribution >= 0.6 is 0 Å². The van der Waals surface area contributed by atoms with Crippen LogP contribution in [0.4, 0.5) is 0 Å². The predicted molar refractivity (Wildman–Crippen MR) is 81.7 cm³/mol. The quantitative estimate of drug-likeness (QED) is 0.859. The van der Waals surface area contributed by atoms with E-state index in [2.05, 4.69) is 0 Å². The zero-order valence-corrected chi connectivity index (χ0v) is 12.3. The summed E-state index contributed by atoms with van der Waals surface area (Å²) in [7, 11) is 1.34. The molecule has 2 atom stereocenters. The molecule has 0 aliphatic heterocycles. The van der Waals surface area contributed by atoms with Crippen LogP contribution in [-0.4, -0.2) is 18.2 Å². The fraction of sp³-hybridized carbons (Fsp3) is 0.278. The number of carbonyl (C=O) groups is 1. The molecule has 0 fully saturated rings. The van der Waals surface area contributed by atoms with Gasteiger partial charge in [-0.05, 0) is 18.1 Å². The van der Waals surface area contributed by atoms with E-state index in [4.69, 9.17) is 4.74 Å². The SMILES string of the molecule is COC(=O)C(C)C(O)(Cc1ccccc1)c1ccccc1. The van der Waals surface area contributed by atoms with Gasteiger partial charge in [0.05, 0.1) is 13.0 Å². The first-order valence-electron chi connectivity index (χ1n) is 6.97. The molecule has 2 aromatic carbocycles. The standard InChI is InChI=1S/C18H20O3/c1-14(17(19)21-2)18(20,16-11-7-4-8-12-16)13-15-9-5-3-6-10-15/h3-12,14,20H,13H2,1-2H3. The highest BCUT2D eigenvalue weighted by atomic mass is 16.5. The molecule has 1 N–H and O–H groups in total. The Morgan fingerprint density at radius 1 is 1.10 bits per heavy atom. The van der Waals surface area contributed by atoms with Crippen molar-refractivity contribution in [3.63, 3.8) is 0 Å². The zero-order valence-electron chi connectivity index (χ0n) is 12.3. The summed E-state index contributed by atoms with van der Waals surface area (Å²) in [5, 5.41) is 11.2. The van der Waals surface area contributed by atoms with Gasteiger partial charge in [-0.15, -0.1) is 0 Å². The van der Waals surface area contributed by atoms with Gasteiger partial charge in [0.1, 0.15) is 5.60 Å². The minimum Gasteiger partial charge on any atom is -0.469 e. The van der Waals surface area contributed by atoms with Gasteiger partial charge in [-0.2, -0.15) is 0 Å². The number of benzene rings is 2. The van der Waals surface area contributed by atoms with Crippen LogP contribution in [0.5, 0.6) is 0 Å². The average Bonchev–Trinajstić information content (AvgIpc) is 2.55. The number of carbonyl (C=O) groups excluding carboxylic acids is 1. The molecule has 21 heavy (non-hydrogen) atoms. The highest BCUT2D eigenvalue weighted by Gasteiger charge is 2.40. The Labute approximate surface area is 125 Å². The minimum atomic E-state index is -1.30. The first-order chi connectivity index (χ1) is 10.1. The largest absolute Gasteiger partial charge is 0.469 e. The maximum atomic E-state index is 11.9. The van der Waals surface area contributed by atoms with E-state index in [1.165, 1.54) is 7.11 Å². The van der Waals surface area contributed by atoms with E-state index in [-0.39, 0.29) is 0 Å². The molecule has 3 heteroatoms. The number of hydrogen-bond donors (Lipinski definition) is 1. The number of esters is 1. The second-order valence-electron chi connectivity index (χ2n) is 5.20. The van der Waals surface area contributed by atoms with Gasteiger partial charge in [-0.3, -0.25) is 4.79 Å². The molecule has 110 valence electrons. The molecule has 0 aliphatic carbocycles. The van der Waals surface area contributed by atoms with Crippen molar-refractivity contribution in [2.75, 3.05) is 7.11 Å². The lowest BCUT2D eigenvalue weighted by atomic mass is 9.78. The molecule has 0 heterocycles. The molecule has 0 saturated carbocycles. The minimum absolute atomic E-state index is 0.355. The molecule has 2 unspecified atom stereocenters. The molecule has 0 radical (unpaired) electrons. The monoisotopic (exact) mass is 284 g/mol. The summed E-state index contributed by atoms with van der Waals surface area (Å²) in [6.07, 6.45) is 0.355. The zero-order chi connectivity index (χ0) is 15.3. The maximum absolute atomic E-state index is 11.9. The van der Waals surface area contributed by atoms with E-state index in [0.717, 1.165) is 5.56 Å². The van der Waals surface area contributed by atoms with Gasteiger partial charge in [0.15, 0.2) is 0 Å². The van der Waals surface area contributed by atoms with Crippen LogP contribution in [-0.2, 0) is 21.6 Å². The predicted octanol–water partition coefficient (Wildman–Crippen LogP) is 2.93. The molecule has 0 saturated heterocycles. The van der Waals surface area contributed by atoms with Crippen molar-refractivity contribution in [1.82, 2.24) is 0 Å². The van der Waals surface area contributed by atoms with E-state index in [1.54, 1.807) is 6.92 Å². The van der Waals surface area contributed by atoms with E-state index in [0.29, 0.717) is 12.0 Å². The Morgan fingerprint density at radius 2 is 1.62 bits per heavy atom. The van der Waals surface area contributed by atoms with Gasteiger partial charge >= 0.3 is 5.97 Å². The Bertz CT molecular complexity index is 580. The molecule has 0 amide bonds. The maximum Gasteiger partial charge on any atom is 0.311 e. The third-order valence-corrected chi connectivity index (χ3v) is 3.86. The number of methoxy groups -OCH3 is 1. The summed E-state index contributed by atoms with van der Waals surface area (Å²) in [5.41, 5.74) is 0.391. The topological polar surface area (TPSA) is 46.5 Å². The highest BCUT2D eigenvalue weighted by Crippen LogP contribution is 2.34. The van der Waals surface area contributed by atoms with Crippen LogP contribution < -0.4 is 0 Å². The van der Waals surface area contributed by atoms with Gasteiger partial charge in [0, 0.05) is 6.42 Å². The molecule has 2 rings (SSSR count). The van der Waals surface area contributed by atoms with Crippen molar-refractivity contribution in [3.05, 3.63) is 71.8 Å². The molecule has 2 aromatic rings. The fourth-order valence-electron chi connectivity index (χ4n) is 2.51. The van der Waals surface area contributed by atoms with Crippen LogP contribution in [0.3, 0.4) is 0 Å². The van der Waals surface area contributed by atoms with Gasteiger partial charge in [0.2, 0.25) is 0 Å². The molecular weight excluding hydrogens is 264 g/mol. The Balaban J connectivity index is 2.41. The third-order valence-electron chi connectivity index (χ3n) is 3.86. The van der Waals surface area contributed by atoms with E-state index < -0.39 is 17.5 Å². The smallest absolute Gasteiger partial charge is 0.311 e. The number of aliphatic hydroxyl groups is 1. The van der Waals surface area contributed by atoms with Crippen LogP contribution in [0.2, 0.25) is 0 Å². The first kappa shape index (κ1) is 15.3. The highest BCUT2D eigenvalue weighted by molar-refractivity contribution is 5.73. The lowest BCUT2D eigenvalue weighted by molar-refractivity contribution is -0.155. The van der Waals surface area contributed by atoms with Crippen molar-refractivity contribution in [1.29, 1.82) is 0 Å². The van der Waals surface area contributed by atoms with Crippen molar-refractivity contribution in [3.8, 4) is 0 Å². The van der Waals surface area contributed by atoms with Gasteiger partial charge < -0.3 is 9.84 Å². The summed E-state index contributed by atoms with van der Waals surface area (Å²) in [4.78, 5) is 11.9. The van der Waals surface area contributed by atoms with Crippen LogP contribution in [0, 0.1) is 5.92 Å². The van der Waals surface area contributed by atoms with Crippen molar-refractivity contribution >= 4 is 5.97 Å². The molecule has 0 spiro atoms. The van der Waals surface area contributed by atoms with E-state index >= 15 is 0 Å². The molecule has 3 nitrogen and oxygen atoms in total. The Hall–Kier alpha value is -2.13. The van der Waals surface area contributed by atoms with Gasteiger partial charge in [-0.1, -0.05) is 60.7 Å². The molecule has 0 aliphatic rings. The number of rotatable bonds is 5. The summed E-state index contributed by atoms with van der Waals surface area (Å²) < 4.78 is 4.82. The number of hydrogen-bond acceptors (Lipinski definition) is 3. The van der Waals surface area contributed by atoms with Crippen LogP contribution in [0.15, 0.2) is 60.7 Å². The van der Waals surface area contributed by atoms with E-state index in [9.17, 15) is 9.90 Å². The summed E-state index contributed by atoms with van der Waals surface area (Å²) in [6.45, 7) is 1.70. The first-order valence-corrected chi connectivity index (χ1v) is 6.97. The third kappa shape index (κ3) is 3.31. The molecular formula is C18H20O3. The number of ether oxygens (including phenoxy) is 1. The van der Waals surface area contributed by atoms with Crippen molar-refractivity contribution in [2.24, 2.45) is 5.92 Å². The average molecular weight is 284 g/mol. The van der Waals surface area contributed by atoms with Crippen LogP contribution in [0.1, 0.15) is 18.1 Å². The summed E-state index contributed by atoms with van der Waals surface area (Å²) in [5.74, 6) is -1.08. The second-order valence-corrected chi connectivity index (χ2v) is 5.20. The summed E-state index contributed by atoms with van der Waals surface area (Å²) >= 11 is 0. The van der Waals surface area contributed by atoms with E-state index in [1.807, 2.05) is 60.7 Å². The van der Waals surface area contributed by atoms with Crippen molar-refractivity contribution < 1.29 is 14.6 Å². The second kappa shape index (κ2) is 6.55. The molecule has 0 bridgehead atoms. The lowest BCUT2D eigenvalue weighted by Crippen LogP contribution is -2.40. The van der Waals surface area contributed by atoms with Crippen LogP contribution in [0.25, 0.3) is 0 Å². The van der Waals surface area contributed by atoms with Crippen molar-refractivity contribution in [2.45, 2.75) is 18.9 Å². The Kier molecular flexibility index (Phi) is 4.76. The normalized spacial score (nSPS) is 15.0. The fourth-order valence-corrected chi connectivity index (χ4v) is 2.51.